The molecule has 0 aliphatic carbocycles. The Morgan fingerprint density at radius 2 is 1.67 bits per heavy atom. The third kappa shape index (κ3) is 9.12. The van der Waals surface area contributed by atoms with E-state index in [0.29, 0.717) is 2.63 Å². The zero-order valence-electron chi connectivity index (χ0n) is 3.32. The number of halogens is 2. The lowest BCUT2D eigenvalue weighted by Crippen LogP contribution is -1.90. The number of hydrogen-bond acceptors (Lipinski definition) is 1. The van der Waals surface area contributed by atoms with Gasteiger partial charge in [0.1, 0.15) is 0 Å². The van der Waals surface area contributed by atoms with E-state index in [2.05, 4.69) is 44.7 Å². The fourth-order valence-electron chi connectivity index (χ4n) is 0. The maximum Gasteiger partial charge on any atom is 0.437 e. The highest BCUT2D eigenvalue weighted by Crippen LogP contribution is 2.01. The van der Waals surface area contributed by atoms with Gasteiger partial charge in [-0.05, 0) is 0 Å². The Morgan fingerprint density at radius 1 is 1.50 bits per heavy atom. The van der Waals surface area contributed by atoms with E-state index in [-0.39, 0.29) is 8.41 Å². The van der Waals surface area contributed by atoms with Crippen LogP contribution in [-0.4, -0.2) is 18.2 Å². The summed E-state index contributed by atoms with van der Waals surface area (Å²) >= 11 is 4.34. The molecule has 6 heavy (non-hydrogen) atoms. The van der Waals surface area contributed by atoms with Gasteiger partial charge in [0.25, 0.3) is 0 Å². The summed E-state index contributed by atoms with van der Waals surface area (Å²) in [4.78, 5) is 0. The Balaban J connectivity index is 0. The van der Waals surface area contributed by atoms with E-state index in [1.165, 1.54) is 0 Å². The molecule has 0 N–H and O–H groups in total. The van der Waals surface area contributed by atoms with Crippen LogP contribution >= 0.6 is 44.7 Å². The lowest BCUT2D eigenvalue weighted by molar-refractivity contribution is 0.456. The largest absolute Gasteiger partial charge is 0.437 e. The highest BCUT2D eigenvalue weighted by molar-refractivity contribution is 14.3. The van der Waals surface area contributed by atoms with E-state index in [0.717, 1.165) is 0 Å². The molecule has 0 unspecified atom stereocenters. The standard InChI is InChI=1S/CH3BI2O.B/c1-5-2(3)4;/h1H3;. The molecule has 0 aromatic heterocycles. The number of rotatable bonds is 1. The van der Waals surface area contributed by atoms with E-state index in [9.17, 15) is 0 Å². The van der Waals surface area contributed by atoms with Crippen molar-refractivity contribution in [3.8, 4) is 0 Å². The summed E-state index contributed by atoms with van der Waals surface area (Å²) in [6.07, 6.45) is 0. The molecule has 3 radical (unpaired) electrons. The van der Waals surface area contributed by atoms with Gasteiger partial charge in [-0.2, -0.15) is 0 Å². The second-order valence-corrected chi connectivity index (χ2v) is 5.14. The molecule has 0 bridgehead atoms. The van der Waals surface area contributed by atoms with Gasteiger partial charge in [0, 0.05) is 15.5 Å². The average molecular weight is 306 g/mol. The summed E-state index contributed by atoms with van der Waals surface area (Å²) in [6, 6.07) is 0. The van der Waals surface area contributed by atoms with Gasteiger partial charge in [-0.25, -0.2) is 0 Å². The van der Waals surface area contributed by atoms with Crippen LogP contribution in [-0.2, 0) is 4.65 Å². The van der Waals surface area contributed by atoms with Crippen LogP contribution in [0.4, 0.5) is 0 Å². The first-order valence-electron chi connectivity index (χ1n) is 1.08. The van der Waals surface area contributed by atoms with Crippen LogP contribution in [0.3, 0.4) is 0 Å². The molecule has 0 saturated heterocycles. The fourth-order valence-corrected chi connectivity index (χ4v) is 0. The van der Waals surface area contributed by atoms with Gasteiger partial charge in [-0.3, -0.25) is 0 Å². The van der Waals surface area contributed by atoms with E-state index >= 15 is 0 Å². The summed E-state index contributed by atoms with van der Waals surface area (Å²) in [7, 11) is 1.68. The van der Waals surface area contributed by atoms with Crippen LogP contribution < -0.4 is 0 Å². The first kappa shape index (κ1) is 10.5. The Kier molecular flexibility index (Phi) is 11.5. The van der Waals surface area contributed by atoms with Crippen molar-refractivity contribution in [2.24, 2.45) is 0 Å². The van der Waals surface area contributed by atoms with Crippen molar-refractivity contribution >= 4 is 55.8 Å². The van der Waals surface area contributed by atoms with Crippen molar-refractivity contribution in [2.75, 3.05) is 7.11 Å². The van der Waals surface area contributed by atoms with Gasteiger partial charge >= 0.3 is 2.63 Å². The molecule has 0 aliphatic rings. The van der Waals surface area contributed by atoms with Gasteiger partial charge in [-0.1, -0.05) is 44.7 Å². The highest BCUT2D eigenvalue weighted by Gasteiger charge is 1.95. The molecule has 5 heteroatoms. The minimum absolute atomic E-state index is 0. The monoisotopic (exact) mass is 307 g/mol. The normalized spacial score (nSPS) is 6.50. The summed E-state index contributed by atoms with van der Waals surface area (Å²) in [5.41, 5.74) is 0. The topological polar surface area (TPSA) is 9.23 Å². The number of hydrogen-bond donors (Lipinski definition) is 0. The van der Waals surface area contributed by atoms with Crippen molar-refractivity contribution in [2.45, 2.75) is 0 Å². The molecular formula is CH3B2I2O. The lowest BCUT2D eigenvalue weighted by Gasteiger charge is -1.84. The first-order chi connectivity index (χ1) is 2.27. The summed E-state index contributed by atoms with van der Waals surface area (Å²) in [5, 5.41) is 0. The Morgan fingerprint density at radius 3 is 1.67 bits per heavy atom. The fraction of sp³-hybridized carbons (Fsp3) is 1.00. The van der Waals surface area contributed by atoms with Crippen LogP contribution in [0, 0.1) is 0 Å². The molecule has 0 atom stereocenters. The second kappa shape index (κ2) is 6.55. The van der Waals surface area contributed by atoms with E-state index in [1.54, 1.807) is 7.11 Å². The predicted octanol–water partition coefficient (Wildman–Crippen LogP) is 1.11. The second-order valence-electron chi connectivity index (χ2n) is 0.496. The summed E-state index contributed by atoms with van der Waals surface area (Å²) in [6.45, 7) is 0. The van der Waals surface area contributed by atoms with Crippen LogP contribution in [0.1, 0.15) is 0 Å². The minimum atomic E-state index is 0. The summed E-state index contributed by atoms with van der Waals surface area (Å²) < 4.78 is 5.05. The summed E-state index contributed by atoms with van der Waals surface area (Å²) in [5.74, 6) is 0. The minimum Gasteiger partial charge on any atom is -0.421 e. The maximum absolute atomic E-state index is 4.72. The Bertz CT molecular complexity index is 25.5. The molecule has 0 amide bonds. The van der Waals surface area contributed by atoms with Gasteiger partial charge in [-0.15, -0.1) is 0 Å². The van der Waals surface area contributed by atoms with Gasteiger partial charge in [0.15, 0.2) is 0 Å². The third-order valence-electron chi connectivity index (χ3n) is 0.178. The van der Waals surface area contributed by atoms with Gasteiger partial charge in [0.05, 0.1) is 0 Å². The molecule has 0 saturated carbocycles. The van der Waals surface area contributed by atoms with E-state index in [1.807, 2.05) is 0 Å². The Labute approximate surface area is 67.0 Å². The molecule has 0 heterocycles. The molecule has 0 aromatic carbocycles. The van der Waals surface area contributed by atoms with E-state index in [4.69, 9.17) is 4.65 Å². The quantitative estimate of drug-likeness (QED) is 0.521. The molecule has 0 aromatic rings. The van der Waals surface area contributed by atoms with Crippen molar-refractivity contribution < 1.29 is 4.65 Å². The Hall–Kier alpha value is 1.55. The van der Waals surface area contributed by atoms with E-state index < -0.39 is 0 Å². The van der Waals surface area contributed by atoms with Gasteiger partial charge in [0.2, 0.25) is 0 Å². The molecule has 0 rings (SSSR count). The predicted molar refractivity (Wildman–Crippen MR) is 46.6 cm³/mol. The molecule has 0 spiro atoms. The SMILES string of the molecule is COB(I)I.[B]. The molecule has 1 nitrogen and oxygen atoms in total. The third-order valence-corrected chi connectivity index (χ3v) is 1.20. The molecule has 33 valence electrons. The van der Waals surface area contributed by atoms with Crippen LogP contribution in [0.2, 0.25) is 0 Å². The maximum atomic E-state index is 4.72. The van der Waals surface area contributed by atoms with Crippen molar-refractivity contribution in [1.82, 2.24) is 0 Å². The average Bonchev–Trinajstić information content (AvgIpc) is 1.38. The van der Waals surface area contributed by atoms with Crippen LogP contribution in [0.15, 0.2) is 0 Å². The zero-order chi connectivity index (χ0) is 4.28. The first-order valence-corrected chi connectivity index (χ1v) is 3.57. The smallest absolute Gasteiger partial charge is 0.421 e. The molecule has 0 aliphatic heterocycles. The van der Waals surface area contributed by atoms with Crippen molar-refractivity contribution in [3.63, 3.8) is 0 Å². The van der Waals surface area contributed by atoms with Crippen LogP contribution in [0.25, 0.3) is 0 Å². The molecular weight excluding hydrogens is 303 g/mol. The highest BCUT2D eigenvalue weighted by atomic mass is 127. The molecule has 0 fully saturated rings. The van der Waals surface area contributed by atoms with Gasteiger partial charge < -0.3 is 4.65 Å². The van der Waals surface area contributed by atoms with Crippen molar-refractivity contribution in [1.29, 1.82) is 0 Å². The van der Waals surface area contributed by atoms with Crippen LogP contribution in [0.5, 0.6) is 0 Å². The zero-order valence-corrected chi connectivity index (χ0v) is 7.63. The van der Waals surface area contributed by atoms with Crippen molar-refractivity contribution in [3.05, 3.63) is 0 Å². The lowest BCUT2D eigenvalue weighted by atomic mass is 10.6.